The van der Waals surface area contributed by atoms with E-state index >= 15 is 0 Å². The van der Waals surface area contributed by atoms with Crippen molar-refractivity contribution in [1.82, 2.24) is 10.3 Å². The van der Waals surface area contributed by atoms with Gasteiger partial charge in [-0.15, -0.1) is 0 Å². The average Bonchev–Trinajstić information content (AvgIpc) is 2.55. The summed E-state index contributed by atoms with van der Waals surface area (Å²) in [6, 6.07) is 1.79. The second-order valence-electron chi connectivity index (χ2n) is 5.50. The number of aromatic nitrogens is 1. The number of amides is 2. The van der Waals surface area contributed by atoms with Gasteiger partial charge in [-0.05, 0) is 44.2 Å². The van der Waals surface area contributed by atoms with E-state index in [1.807, 2.05) is 0 Å². The minimum Gasteiger partial charge on any atom is -0.348 e. The van der Waals surface area contributed by atoms with Crippen molar-refractivity contribution in [3.63, 3.8) is 0 Å². The third-order valence-corrected chi connectivity index (χ3v) is 3.63. The van der Waals surface area contributed by atoms with E-state index < -0.39 is 23.7 Å². The van der Waals surface area contributed by atoms with Gasteiger partial charge in [0.15, 0.2) is 0 Å². The average molecular weight is 341 g/mol. The fourth-order valence-corrected chi connectivity index (χ4v) is 2.37. The summed E-state index contributed by atoms with van der Waals surface area (Å²) in [5.41, 5.74) is 0.234. The van der Waals surface area contributed by atoms with Crippen molar-refractivity contribution < 1.29 is 22.8 Å². The molecule has 24 heavy (non-hydrogen) atoms. The Morgan fingerprint density at radius 2 is 1.96 bits per heavy atom. The van der Waals surface area contributed by atoms with Gasteiger partial charge in [-0.3, -0.25) is 9.59 Å². The van der Waals surface area contributed by atoms with E-state index in [2.05, 4.69) is 21.7 Å². The zero-order valence-corrected chi connectivity index (χ0v) is 12.9. The Morgan fingerprint density at radius 1 is 1.17 bits per heavy atom. The van der Waals surface area contributed by atoms with Crippen LogP contribution in [0.4, 0.5) is 18.9 Å². The summed E-state index contributed by atoms with van der Waals surface area (Å²) in [5, 5.41) is 4.71. The molecule has 0 radical (unpaired) electrons. The maximum Gasteiger partial charge on any atom is 0.433 e. The Balaban J connectivity index is 1.78. The van der Waals surface area contributed by atoms with Crippen molar-refractivity contribution >= 4 is 17.5 Å². The van der Waals surface area contributed by atoms with Gasteiger partial charge in [0.05, 0.1) is 11.9 Å². The van der Waals surface area contributed by atoms with Crippen LogP contribution in [0.1, 0.15) is 37.8 Å². The molecule has 130 valence electrons. The van der Waals surface area contributed by atoms with E-state index in [0.29, 0.717) is 13.0 Å². The number of carbonyl (C=O) groups is 2. The number of carbonyl (C=O) groups excluding carboxylic acids is 2. The van der Waals surface area contributed by atoms with Gasteiger partial charge in [0.25, 0.3) is 0 Å². The van der Waals surface area contributed by atoms with Crippen molar-refractivity contribution in [3.8, 4) is 0 Å². The standard InChI is InChI=1S/C16H18F3N3O2/c17-16(18,19)13-7-6-12(10-21-13)22-15(24)14(23)20-9-8-11-4-2-1-3-5-11/h4,6-7,10H,1-3,5,8-9H2,(H,20,23)(H,22,24). The molecule has 0 atom stereocenters. The Morgan fingerprint density at radius 3 is 2.54 bits per heavy atom. The van der Waals surface area contributed by atoms with Gasteiger partial charge in [0.1, 0.15) is 5.69 Å². The van der Waals surface area contributed by atoms with Crippen LogP contribution in [0.15, 0.2) is 30.0 Å². The fourth-order valence-electron chi connectivity index (χ4n) is 2.37. The summed E-state index contributed by atoms with van der Waals surface area (Å²) in [6.45, 7) is 0.351. The van der Waals surface area contributed by atoms with Crippen molar-refractivity contribution in [2.24, 2.45) is 0 Å². The second-order valence-corrected chi connectivity index (χ2v) is 5.50. The van der Waals surface area contributed by atoms with E-state index in [0.717, 1.165) is 37.6 Å². The van der Waals surface area contributed by atoms with Gasteiger partial charge < -0.3 is 10.6 Å². The van der Waals surface area contributed by atoms with Gasteiger partial charge >= 0.3 is 18.0 Å². The lowest BCUT2D eigenvalue weighted by Gasteiger charge is -2.13. The predicted octanol–water partition coefficient (Wildman–Crippen LogP) is 3.05. The molecule has 1 heterocycles. The molecule has 2 rings (SSSR count). The van der Waals surface area contributed by atoms with Crippen LogP contribution in [0.5, 0.6) is 0 Å². The zero-order chi connectivity index (χ0) is 17.6. The Hall–Kier alpha value is -2.38. The molecule has 0 aromatic carbocycles. The smallest absolute Gasteiger partial charge is 0.348 e. The fraction of sp³-hybridized carbons (Fsp3) is 0.438. The van der Waals surface area contributed by atoms with Gasteiger partial charge in [0, 0.05) is 6.54 Å². The first-order chi connectivity index (χ1) is 11.4. The number of anilines is 1. The zero-order valence-electron chi connectivity index (χ0n) is 12.9. The Kier molecular flexibility index (Phi) is 5.94. The molecule has 0 bridgehead atoms. The molecule has 8 heteroatoms. The number of rotatable bonds is 4. The SMILES string of the molecule is O=C(NCCC1=CCCCC1)C(=O)Nc1ccc(C(F)(F)F)nc1. The molecule has 1 aromatic heterocycles. The van der Waals surface area contributed by atoms with Gasteiger partial charge in [-0.2, -0.15) is 13.2 Å². The second kappa shape index (κ2) is 7.94. The highest BCUT2D eigenvalue weighted by molar-refractivity contribution is 6.39. The summed E-state index contributed by atoms with van der Waals surface area (Å²) < 4.78 is 37.2. The molecule has 0 fully saturated rings. The van der Waals surface area contributed by atoms with E-state index in [-0.39, 0.29) is 5.69 Å². The van der Waals surface area contributed by atoms with E-state index in [1.165, 1.54) is 12.0 Å². The predicted molar refractivity (Wildman–Crippen MR) is 82.0 cm³/mol. The monoisotopic (exact) mass is 341 g/mol. The number of alkyl halides is 3. The number of nitrogens with one attached hydrogen (secondary N) is 2. The highest BCUT2D eigenvalue weighted by Gasteiger charge is 2.32. The number of allylic oxidation sites excluding steroid dienone is 1. The summed E-state index contributed by atoms with van der Waals surface area (Å²) in [6.07, 6.45) is 3.55. The molecule has 0 spiro atoms. The first kappa shape index (κ1) is 18.0. The van der Waals surface area contributed by atoms with E-state index in [9.17, 15) is 22.8 Å². The summed E-state index contributed by atoms with van der Waals surface area (Å²) in [4.78, 5) is 26.6. The number of hydrogen-bond acceptors (Lipinski definition) is 3. The molecule has 0 saturated carbocycles. The molecular formula is C16H18F3N3O2. The molecular weight excluding hydrogens is 323 g/mol. The van der Waals surface area contributed by atoms with Crippen LogP contribution < -0.4 is 10.6 Å². The van der Waals surface area contributed by atoms with Crippen LogP contribution in [0.25, 0.3) is 0 Å². The topological polar surface area (TPSA) is 71.1 Å². The Bertz CT molecular complexity index is 624. The minimum atomic E-state index is -4.55. The van der Waals surface area contributed by atoms with Crippen LogP contribution in [-0.4, -0.2) is 23.3 Å². The van der Waals surface area contributed by atoms with Gasteiger partial charge in [-0.25, -0.2) is 4.98 Å². The maximum atomic E-state index is 12.4. The van der Waals surface area contributed by atoms with Crippen LogP contribution in [-0.2, 0) is 15.8 Å². The third-order valence-electron chi connectivity index (χ3n) is 3.63. The van der Waals surface area contributed by atoms with Crippen molar-refractivity contribution in [1.29, 1.82) is 0 Å². The third kappa shape index (κ3) is 5.36. The molecule has 1 aliphatic rings. The first-order valence-corrected chi connectivity index (χ1v) is 7.66. The largest absolute Gasteiger partial charge is 0.433 e. The lowest BCUT2D eigenvalue weighted by atomic mass is 9.97. The number of halogens is 3. The van der Waals surface area contributed by atoms with Crippen molar-refractivity contribution in [2.45, 2.75) is 38.3 Å². The quantitative estimate of drug-likeness (QED) is 0.653. The Labute approximate surface area is 137 Å². The number of hydrogen-bond donors (Lipinski definition) is 2. The number of pyridine rings is 1. The molecule has 0 saturated heterocycles. The van der Waals surface area contributed by atoms with Crippen molar-refractivity contribution in [3.05, 3.63) is 35.7 Å². The van der Waals surface area contributed by atoms with E-state index in [4.69, 9.17) is 0 Å². The summed E-state index contributed by atoms with van der Waals surface area (Å²) in [7, 11) is 0. The molecule has 0 aliphatic heterocycles. The van der Waals surface area contributed by atoms with E-state index in [1.54, 1.807) is 0 Å². The van der Waals surface area contributed by atoms with Gasteiger partial charge in [-0.1, -0.05) is 11.6 Å². The van der Waals surface area contributed by atoms with Gasteiger partial charge in [0.2, 0.25) is 0 Å². The maximum absolute atomic E-state index is 12.4. The summed E-state index contributed by atoms with van der Waals surface area (Å²) >= 11 is 0. The first-order valence-electron chi connectivity index (χ1n) is 7.66. The lowest BCUT2D eigenvalue weighted by molar-refractivity contribution is -0.141. The number of nitrogens with zero attached hydrogens (tertiary/aromatic N) is 1. The molecule has 0 unspecified atom stereocenters. The molecule has 2 amide bonds. The van der Waals surface area contributed by atoms with Crippen LogP contribution in [0.2, 0.25) is 0 Å². The molecule has 2 N–H and O–H groups in total. The molecule has 1 aliphatic carbocycles. The highest BCUT2D eigenvalue weighted by Crippen LogP contribution is 2.27. The minimum absolute atomic E-state index is 0.0261. The van der Waals surface area contributed by atoms with Crippen LogP contribution >= 0.6 is 0 Å². The van der Waals surface area contributed by atoms with Crippen LogP contribution in [0, 0.1) is 0 Å². The summed E-state index contributed by atoms with van der Waals surface area (Å²) in [5.74, 6) is -1.76. The normalized spacial score (nSPS) is 14.7. The molecule has 5 nitrogen and oxygen atoms in total. The highest BCUT2D eigenvalue weighted by atomic mass is 19.4. The van der Waals surface area contributed by atoms with Crippen molar-refractivity contribution in [2.75, 3.05) is 11.9 Å². The molecule has 1 aromatic rings. The van der Waals surface area contributed by atoms with Crippen LogP contribution in [0.3, 0.4) is 0 Å². The lowest BCUT2D eigenvalue weighted by Crippen LogP contribution is -2.36.